The Balaban J connectivity index is 0.000000861. The van der Waals surface area contributed by atoms with E-state index in [1.54, 1.807) is 0 Å². The number of nitrogens with one attached hydrogen (secondary N) is 1. The maximum Gasteiger partial charge on any atom is 0.269 e. The van der Waals surface area contributed by atoms with Crippen LogP contribution in [0.5, 0.6) is 5.88 Å². The number of non-ortho nitro benzene ring substituents is 1. The molecular weight excluding hydrogens is 250 g/mol. The van der Waals surface area contributed by atoms with Crippen LogP contribution in [-0.2, 0) is 0 Å². The molecule has 1 heterocycles. The van der Waals surface area contributed by atoms with Gasteiger partial charge in [-0.3, -0.25) is 14.9 Å². The van der Waals surface area contributed by atoms with Crippen molar-refractivity contribution in [3.8, 4) is 17.3 Å². The zero-order chi connectivity index (χ0) is 14.4. The zero-order valence-electron chi connectivity index (χ0n) is 10.5. The van der Waals surface area contributed by atoms with Gasteiger partial charge in [-0.2, -0.15) is 4.98 Å². The van der Waals surface area contributed by atoms with Crippen LogP contribution in [-0.4, -0.2) is 20.0 Å². The van der Waals surface area contributed by atoms with Gasteiger partial charge in [0, 0.05) is 17.7 Å². The predicted molar refractivity (Wildman–Crippen MR) is 70.0 cm³/mol. The molecule has 2 rings (SSSR count). The number of nitro groups is 1. The molecule has 0 atom stereocenters. The lowest BCUT2D eigenvalue weighted by atomic mass is 10.2. The van der Waals surface area contributed by atoms with Gasteiger partial charge in [0.2, 0.25) is 5.88 Å². The Morgan fingerprint density at radius 3 is 2.32 bits per heavy atom. The van der Waals surface area contributed by atoms with E-state index in [4.69, 9.17) is 5.11 Å². The van der Waals surface area contributed by atoms with Crippen LogP contribution in [0.2, 0.25) is 0 Å². The predicted octanol–water partition coefficient (Wildman–Crippen LogP) is 2.08. The molecule has 2 N–H and O–H groups in total. The van der Waals surface area contributed by atoms with Gasteiger partial charge in [0.05, 0.1) is 11.0 Å². The van der Waals surface area contributed by atoms with Crippen LogP contribution < -0.4 is 5.56 Å². The standard InChI is InChI=1S/C10H7N3O4.C2H6/c14-8-5-9(15)12-10(11-8)6-1-3-7(4-2-6)13(16)17;1-2/h1-5H,(H2,11,12,14,15);1-2H3. The number of nitro benzene ring substituents is 1. The topological polar surface area (TPSA) is 109 Å². The lowest BCUT2D eigenvalue weighted by molar-refractivity contribution is -0.384. The Kier molecular flexibility index (Phi) is 4.76. The fraction of sp³-hybridized carbons (Fsp3) is 0.167. The SMILES string of the molecule is CC.O=c1cc(O)nc(-c2ccc([N+](=O)[O-])cc2)[nH]1. The van der Waals surface area contributed by atoms with E-state index in [1.807, 2.05) is 13.8 Å². The van der Waals surface area contributed by atoms with Gasteiger partial charge in [-0.15, -0.1) is 0 Å². The van der Waals surface area contributed by atoms with Crippen molar-refractivity contribution < 1.29 is 10.0 Å². The van der Waals surface area contributed by atoms with Gasteiger partial charge in [-0.1, -0.05) is 13.8 Å². The summed E-state index contributed by atoms with van der Waals surface area (Å²) in [5.41, 5.74) is -0.0781. The van der Waals surface area contributed by atoms with E-state index >= 15 is 0 Å². The lowest BCUT2D eigenvalue weighted by Gasteiger charge is -2.00. The first-order valence-electron chi connectivity index (χ1n) is 5.61. The summed E-state index contributed by atoms with van der Waals surface area (Å²) >= 11 is 0. The molecule has 0 unspecified atom stereocenters. The highest BCUT2D eigenvalue weighted by atomic mass is 16.6. The summed E-state index contributed by atoms with van der Waals surface area (Å²) in [5, 5.41) is 19.6. The minimum atomic E-state index is -0.525. The van der Waals surface area contributed by atoms with Crippen LogP contribution in [0.1, 0.15) is 13.8 Å². The van der Waals surface area contributed by atoms with Crippen molar-refractivity contribution in [1.29, 1.82) is 0 Å². The summed E-state index contributed by atoms with van der Waals surface area (Å²) in [4.78, 5) is 27.1. The van der Waals surface area contributed by atoms with Crippen molar-refractivity contribution in [3.05, 3.63) is 50.8 Å². The van der Waals surface area contributed by atoms with E-state index in [9.17, 15) is 14.9 Å². The molecule has 7 nitrogen and oxygen atoms in total. The summed E-state index contributed by atoms with van der Waals surface area (Å²) in [5.74, 6) is -0.244. The van der Waals surface area contributed by atoms with Gasteiger partial charge in [-0.25, -0.2) is 0 Å². The molecule has 0 bridgehead atoms. The molecule has 100 valence electrons. The van der Waals surface area contributed by atoms with Crippen LogP contribution in [0.25, 0.3) is 11.4 Å². The third-order valence-corrected chi connectivity index (χ3v) is 2.08. The summed E-state index contributed by atoms with van der Waals surface area (Å²) in [6.07, 6.45) is 0. The van der Waals surface area contributed by atoms with E-state index in [2.05, 4.69) is 9.97 Å². The maximum absolute atomic E-state index is 11.1. The van der Waals surface area contributed by atoms with Crippen molar-refractivity contribution in [2.75, 3.05) is 0 Å². The van der Waals surface area contributed by atoms with Gasteiger partial charge in [-0.05, 0) is 12.1 Å². The van der Waals surface area contributed by atoms with Gasteiger partial charge < -0.3 is 10.1 Å². The molecule has 1 aromatic heterocycles. The number of nitrogens with zero attached hydrogens (tertiary/aromatic N) is 2. The number of aromatic hydroxyl groups is 1. The van der Waals surface area contributed by atoms with Gasteiger partial charge in [0.1, 0.15) is 5.82 Å². The van der Waals surface area contributed by atoms with E-state index in [1.165, 1.54) is 24.3 Å². The highest BCUT2D eigenvalue weighted by Gasteiger charge is 2.07. The number of H-pyrrole nitrogens is 1. The second kappa shape index (κ2) is 6.29. The number of benzene rings is 1. The molecular formula is C12H13N3O4. The monoisotopic (exact) mass is 263 g/mol. The molecule has 0 spiro atoms. The lowest BCUT2D eigenvalue weighted by Crippen LogP contribution is -2.06. The average molecular weight is 263 g/mol. The second-order valence-corrected chi connectivity index (χ2v) is 3.26. The first kappa shape index (κ1) is 14.4. The number of rotatable bonds is 2. The molecule has 0 aliphatic carbocycles. The highest BCUT2D eigenvalue weighted by molar-refractivity contribution is 5.57. The summed E-state index contributed by atoms with van der Waals surface area (Å²) in [7, 11) is 0. The van der Waals surface area contributed by atoms with Crippen LogP contribution in [0.4, 0.5) is 5.69 Å². The number of aromatic nitrogens is 2. The molecule has 0 amide bonds. The Labute approximate surface area is 108 Å². The second-order valence-electron chi connectivity index (χ2n) is 3.26. The number of hydrogen-bond donors (Lipinski definition) is 2. The largest absolute Gasteiger partial charge is 0.493 e. The third-order valence-electron chi connectivity index (χ3n) is 2.08. The van der Waals surface area contributed by atoms with Crippen LogP contribution in [0.15, 0.2) is 35.1 Å². The molecule has 0 fully saturated rings. The van der Waals surface area contributed by atoms with E-state index in [-0.39, 0.29) is 11.5 Å². The molecule has 0 saturated carbocycles. The van der Waals surface area contributed by atoms with Gasteiger partial charge in [0.15, 0.2) is 0 Å². The molecule has 0 radical (unpaired) electrons. The first-order chi connectivity index (χ1) is 9.06. The molecule has 0 aliphatic rings. The maximum atomic E-state index is 11.1. The number of hydrogen-bond acceptors (Lipinski definition) is 5. The summed E-state index contributed by atoms with van der Waals surface area (Å²) < 4.78 is 0. The van der Waals surface area contributed by atoms with E-state index in [0.717, 1.165) is 6.07 Å². The fourth-order valence-corrected chi connectivity index (χ4v) is 1.32. The normalized spacial score (nSPS) is 9.37. The molecule has 2 aromatic rings. The zero-order valence-corrected chi connectivity index (χ0v) is 10.5. The highest BCUT2D eigenvalue weighted by Crippen LogP contribution is 2.19. The van der Waals surface area contributed by atoms with Crippen molar-refractivity contribution in [3.63, 3.8) is 0 Å². The smallest absolute Gasteiger partial charge is 0.269 e. The Bertz CT molecular complexity index is 620. The van der Waals surface area contributed by atoms with Crippen molar-refractivity contribution in [1.82, 2.24) is 9.97 Å². The molecule has 0 aliphatic heterocycles. The molecule has 19 heavy (non-hydrogen) atoms. The van der Waals surface area contributed by atoms with E-state index in [0.29, 0.717) is 5.56 Å². The Morgan fingerprint density at radius 2 is 1.84 bits per heavy atom. The van der Waals surface area contributed by atoms with Crippen molar-refractivity contribution in [2.24, 2.45) is 0 Å². The van der Waals surface area contributed by atoms with E-state index < -0.39 is 16.4 Å². The number of aromatic amines is 1. The third kappa shape index (κ3) is 3.63. The quantitative estimate of drug-likeness (QED) is 0.636. The minimum Gasteiger partial charge on any atom is -0.493 e. The summed E-state index contributed by atoms with van der Waals surface area (Å²) in [6, 6.07) is 6.40. The van der Waals surface area contributed by atoms with Gasteiger partial charge >= 0.3 is 0 Å². The average Bonchev–Trinajstić information content (AvgIpc) is 2.40. The molecule has 1 aromatic carbocycles. The fourth-order valence-electron chi connectivity index (χ4n) is 1.32. The summed E-state index contributed by atoms with van der Waals surface area (Å²) in [6.45, 7) is 4.00. The van der Waals surface area contributed by atoms with Crippen LogP contribution in [0, 0.1) is 10.1 Å². The molecule has 0 saturated heterocycles. The molecule has 7 heteroatoms. The Hall–Kier alpha value is -2.70. The van der Waals surface area contributed by atoms with Crippen LogP contribution >= 0.6 is 0 Å². The first-order valence-corrected chi connectivity index (χ1v) is 5.61. The van der Waals surface area contributed by atoms with Crippen LogP contribution in [0.3, 0.4) is 0 Å². The van der Waals surface area contributed by atoms with Crippen molar-refractivity contribution in [2.45, 2.75) is 13.8 Å². The minimum absolute atomic E-state index is 0.0590. The van der Waals surface area contributed by atoms with Gasteiger partial charge in [0.25, 0.3) is 11.2 Å². The van der Waals surface area contributed by atoms with Crippen molar-refractivity contribution >= 4 is 5.69 Å². The Morgan fingerprint density at radius 1 is 1.26 bits per heavy atom.